The largest absolute Gasteiger partial charge is 0.311 e. The minimum atomic E-state index is 1.10. The van der Waals surface area contributed by atoms with Crippen LogP contribution in [0.25, 0.3) is 71.6 Å². The van der Waals surface area contributed by atoms with E-state index in [9.17, 15) is 0 Å². The van der Waals surface area contributed by atoms with Gasteiger partial charge in [-0.2, -0.15) is 0 Å². The molecule has 0 spiro atoms. The van der Waals surface area contributed by atoms with Gasteiger partial charge in [-0.25, -0.2) is 0 Å². The van der Waals surface area contributed by atoms with Gasteiger partial charge in [-0.05, 0) is 111 Å². The maximum absolute atomic E-state index is 2.37. The summed E-state index contributed by atoms with van der Waals surface area (Å²) < 4.78 is 2.37. The van der Waals surface area contributed by atoms with E-state index in [1.54, 1.807) is 0 Å². The fourth-order valence-corrected chi connectivity index (χ4v) is 7.86. The molecule has 9 aromatic carbocycles. The van der Waals surface area contributed by atoms with E-state index in [-0.39, 0.29) is 0 Å². The molecule has 54 heavy (non-hydrogen) atoms. The summed E-state index contributed by atoms with van der Waals surface area (Å²) in [5.41, 5.74) is 14.1. The van der Waals surface area contributed by atoms with Crippen LogP contribution in [0.4, 0.5) is 17.1 Å². The SMILES string of the molecule is c1ccc(-c2ccc(-c3ccc(N(c4ccc(-c5ccc6ccccc6c5)cc4)c4ccc(-n5c6ccccc6c6ccccc65)cc4)cc3)cc2)cc1. The smallest absolute Gasteiger partial charge is 0.0541 e. The van der Waals surface area contributed by atoms with E-state index in [1.807, 2.05) is 0 Å². The molecule has 0 saturated carbocycles. The number of nitrogens with zero attached hydrogens (tertiary/aromatic N) is 2. The topological polar surface area (TPSA) is 8.17 Å². The molecule has 0 radical (unpaired) electrons. The lowest BCUT2D eigenvalue weighted by atomic mass is 10.00. The van der Waals surface area contributed by atoms with Crippen LogP contribution in [-0.4, -0.2) is 4.57 Å². The Morgan fingerprint density at radius 3 is 1.22 bits per heavy atom. The zero-order chi connectivity index (χ0) is 35.8. The molecule has 2 nitrogen and oxygen atoms in total. The van der Waals surface area contributed by atoms with E-state index >= 15 is 0 Å². The Hall–Kier alpha value is -7.16. The number of fused-ring (bicyclic) bond motifs is 4. The average Bonchev–Trinajstić information content (AvgIpc) is 3.59. The number of rotatable bonds is 7. The van der Waals surface area contributed by atoms with Crippen molar-refractivity contribution in [1.82, 2.24) is 4.57 Å². The lowest BCUT2D eigenvalue weighted by Gasteiger charge is -2.26. The normalized spacial score (nSPS) is 11.3. The van der Waals surface area contributed by atoms with Gasteiger partial charge in [-0.1, -0.05) is 152 Å². The molecule has 0 fully saturated rings. The van der Waals surface area contributed by atoms with Gasteiger partial charge in [-0.15, -0.1) is 0 Å². The molecule has 0 saturated heterocycles. The summed E-state index contributed by atoms with van der Waals surface area (Å²) >= 11 is 0. The predicted molar refractivity (Wildman–Crippen MR) is 229 cm³/mol. The van der Waals surface area contributed by atoms with Gasteiger partial charge in [0.25, 0.3) is 0 Å². The van der Waals surface area contributed by atoms with E-state index in [1.165, 1.54) is 66.0 Å². The molecular weight excluding hydrogens is 653 g/mol. The molecule has 254 valence electrons. The van der Waals surface area contributed by atoms with Crippen LogP contribution in [0.1, 0.15) is 0 Å². The molecular formula is C52H36N2. The number of hydrogen-bond donors (Lipinski definition) is 0. The quantitative estimate of drug-likeness (QED) is 0.162. The van der Waals surface area contributed by atoms with Crippen molar-refractivity contribution < 1.29 is 0 Å². The van der Waals surface area contributed by atoms with Crippen molar-refractivity contribution in [2.75, 3.05) is 4.90 Å². The third-order valence-corrected chi connectivity index (χ3v) is 10.6. The Kier molecular flexibility index (Phi) is 7.85. The molecule has 0 N–H and O–H groups in total. The monoisotopic (exact) mass is 688 g/mol. The van der Waals surface area contributed by atoms with Crippen molar-refractivity contribution in [1.29, 1.82) is 0 Å². The number of anilines is 3. The van der Waals surface area contributed by atoms with Crippen LogP contribution >= 0.6 is 0 Å². The van der Waals surface area contributed by atoms with Gasteiger partial charge < -0.3 is 9.47 Å². The fourth-order valence-electron chi connectivity index (χ4n) is 7.86. The molecule has 10 rings (SSSR count). The summed E-state index contributed by atoms with van der Waals surface area (Å²) in [5.74, 6) is 0. The first-order chi connectivity index (χ1) is 26.8. The Morgan fingerprint density at radius 2 is 0.667 bits per heavy atom. The number of aromatic nitrogens is 1. The Morgan fingerprint density at radius 1 is 0.278 bits per heavy atom. The molecule has 0 aliphatic rings. The molecule has 10 aromatic rings. The van der Waals surface area contributed by atoms with E-state index in [4.69, 9.17) is 0 Å². The lowest BCUT2D eigenvalue weighted by molar-refractivity contribution is 1.17. The van der Waals surface area contributed by atoms with Crippen molar-refractivity contribution in [2.45, 2.75) is 0 Å². The summed E-state index contributed by atoms with van der Waals surface area (Å²) in [6.07, 6.45) is 0. The van der Waals surface area contributed by atoms with E-state index in [0.29, 0.717) is 0 Å². The van der Waals surface area contributed by atoms with Gasteiger partial charge >= 0.3 is 0 Å². The molecule has 1 heterocycles. The summed E-state index contributed by atoms with van der Waals surface area (Å²) in [4.78, 5) is 2.35. The number of benzene rings is 9. The third-order valence-electron chi connectivity index (χ3n) is 10.6. The van der Waals surface area contributed by atoms with Crippen molar-refractivity contribution in [3.8, 4) is 39.1 Å². The van der Waals surface area contributed by atoms with Gasteiger partial charge in [0, 0.05) is 33.5 Å². The van der Waals surface area contributed by atoms with E-state index in [2.05, 4.69) is 228 Å². The first kappa shape index (κ1) is 31.6. The fraction of sp³-hybridized carbons (Fsp3) is 0. The van der Waals surface area contributed by atoms with Crippen molar-refractivity contribution >= 4 is 49.6 Å². The Bertz CT molecular complexity index is 2830. The molecule has 0 aliphatic carbocycles. The van der Waals surface area contributed by atoms with Crippen LogP contribution in [0.2, 0.25) is 0 Å². The molecule has 0 bridgehead atoms. The van der Waals surface area contributed by atoms with Crippen LogP contribution < -0.4 is 4.90 Å². The second kappa shape index (κ2) is 13.4. The number of hydrogen-bond acceptors (Lipinski definition) is 1. The van der Waals surface area contributed by atoms with Gasteiger partial charge in [0.1, 0.15) is 0 Å². The maximum Gasteiger partial charge on any atom is 0.0541 e. The summed E-state index contributed by atoms with van der Waals surface area (Å²) in [7, 11) is 0. The highest BCUT2D eigenvalue weighted by atomic mass is 15.1. The van der Waals surface area contributed by atoms with Crippen LogP contribution in [0, 0.1) is 0 Å². The second-order valence-corrected chi connectivity index (χ2v) is 13.8. The standard InChI is InChI=1S/C52H36N2/c1-2-10-37(11-3-1)39-18-20-40(21-19-39)41-24-28-45(29-25-41)53(46-30-26-42(27-31-46)44-23-22-38-12-4-5-13-43(38)36-44)47-32-34-48(35-33-47)54-51-16-8-6-14-49(51)50-15-7-9-17-52(50)54/h1-36H. The molecule has 2 heteroatoms. The van der Waals surface area contributed by atoms with E-state index < -0.39 is 0 Å². The van der Waals surface area contributed by atoms with Gasteiger partial charge in [0.2, 0.25) is 0 Å². The number of para-hydroxylation sites is 2. The summed E-state index contributed by atoms with van der Waals surface area (Å²) in [6, 6.07) is 78.8. The van der Waals surface area contributed by atoms with Gasteiger partial charge in [0.05, 0.1) is 11.0 Å². The Labute approximate surface area is 315 Å². The molecule has 1 aromatic heterocycles. The average molecular weight is 689 g/mol. The maximum atomic E-state index is 2.37. The highest BCUT2D eigenvalue weighted by molar-refractivity contribution is 6.09. The van der Waals surface area contributed by atoms with Gasteiger partial charge in [-0.3, -0.25) is 0 Å². The van der Waals surface area contributed by atoms with E-state index in [0.717, 1.165) is 22.7 Å². The third kappa shape index (κ3) is 5.71. The summed E-state index contributed by atoms with van der Waals surface area (Å²) in [6.45, 7) is 0. The van der Waals surface area contributed by atoms with Crippen LogP contribution in [-0.2, 0) is 0 Å². The second-order valence-electron chi connectivity index (χ2n) is 13.8. The molecule has 0 aliphatic heterocycles. The lowest BCUT2D eigenvalue weighted by Crippen LogP contribution is -2.10. The van der Waals surface area contributed by atoms with Crippen molar-refractivity contribution in [2.24, 2.45) is 0 Å². The molecule has 0 atom stereocenters. The molecule has 0 unspecified atom stereocenters. The first-order valence-electron chi connectivity index (χ1n) is 18.5. The van der Waals surface area contributed by atoms with Crippen molar-refractivity contribution in [3.63, 3.8) is 0 Å². The zero-order valence-electron chi connectivity index (χ0n) is 29.7. The Balaban J connectivity index is 1.03. The van der Waals surface area contributed by atoms with Crippen molar-refractivity contribution in [3.05, 3.63) is 218 Å². The molecule has 0 amide bonds. The van der Waals surface area contributed by atoms with Crippen LogP contribution in [0.5, 0.6) is 0 Å². The minimum absolute atomic E-state index is 1.10. The highest BCUT2D eigenvalue weighted by Gasteiger charge is 2.16. The van der Waals surface area contributed by atoms with Crippen LogP contribution in [0.15, 0.2) is 218 Å². The van der Waals surface area contributed by atoms with Gasteiger partial charge in [0.15, 0.2) is 0 Å². The minimum Gasteiger partial charge on any atom is -0.311 e. The first-order valence-corrected chi connectivity index (χ1v) is 18.5. The summed E-state index contributed by atoms with van der Waals surface area (Å²) in [5, 5.41) is 5.03. The predicted octanol–water partition coefficient (Wildman–Crippen LogP) is 14.4. The van der Waals surface area contributed by atoms with Crippen LogP contribution in [0.3, 0.4) is 0 Å². The zero-order valence-corrected chi connectivity index (χ0v) is 29.7. The highest BCUT2D eigenvalue weighted by Crippen LogP contribution is 2.39.